The van der Waals surface area contributed by atoms with Crippen molar-refractivity contribution in [2.45, 2.75) is 6.54 Å². The van der Waals surface area contributed by atoms with Gasteiger partial charge >= 0.3 is 0 Å². The molecule has 3 rings (SSSR count). The second-order valence-electron chi connectivity index (χ2n) is 4.76. The van der Waals surface area contributed by atoms with Crippen molar-refractivity contribution in [2.75, 3.05) is 37.0 Å². The molecule has 0 atom stereocenters. The van der Waals surface area contributed by atoms with Gasteiger partial charge in [-0.15, -0.1) is 0 Å². The Balaban J connectivity index is 2.02. The first-order chi connectivity index (χ1) is 9.19. The van der Waals surface area contributed by atoms with Gasteiger partial charge in [-0.05, 0) is 18.2 Å². The lowest BCUT2D eigenvalue weighted by atomic mass is 10.1. The zero-order valence-electron chi connectivity index (χ0n) is 11.1. The molecule has 1 aliphatic rings. The quantitative estimate of drug-likeness (QED) is 0.870. The molecule has 0 bridgehead atoms. The summed E-state index contributed by atoms with van der Waals surface area (Å²) in [6, 6.07) is 6.20. The number of nitrogens with two attached hydrogens (primary N) is 1. The Morgan fingerprint density at radius 3 is 2.63 bits per heavy atom. The molecular formula is C13H17N5O. The van der Waals surface area contributed by atoms with Gasteiger partial charge in [0, 0.05) is 32.7 Å². The Kier molecular flexibility index (Phi) is 2.87. The molecule has 2 aromatic rings. The number of fused-ring (bicyclic) bond motifs is 1. The smallest absolute Gasteiger partial charge is 0.240 e. The van der Waals surface area contributed by atoms with Gasteiger partial charge in [0.1, 0.15) is 0 Å². The maximum absolute atomic E-state index is 5.48. The SMILES string of the molecule is CN1CCN(C)c2cc(-c3noc(CN)n3)ccc21. The fourth-order valence-corrected chi connectivity index (χ4v) is 2.29. The van der Waals surface area contributed by atoms with E-state index in [1.165, 1.54) is 11.4 Å². The first-order valence-electron chi connectivity index (χ1n) is 6.28. The van der Waals surface area contributed by atoms with Crippen molar-refractivity contribution in [3.8, 4) is 11.4 Å². The summed E-state index contributed by atoms with van der Waals surface area (Å²) in [5.41, 5.74) is 8.84. The van der Waals surface area contributed by atoms with Crippen LogP contribution in [0.3, 0.4) is 0 Å². The van der Waals surface area contributed by atoms with Gasteiger partial charge in [0.05, 0.1) is 17.9 Å². The predicted octanol–water partition coefficient (Wildman–Crippen LogP) is 1.08. The Bertz CT molecular complexity index is 594. The lowest BCUT2D eigenvalue weighted by molar-refractivity contribution is 0.380. The van der Waals surface area contributed by atoms with Crippen molar-refractivity contribution in [3.63, 3.8) is 0 Å². The molecule has 0 saturated carbocycles. The van der Waals surface area contributed by atoms with E-state index in [9.17, 15) is 0 Å². The fraction of sp³-hybridized carbons (Fsp3) is 0.385. The van der Waals surface area contributed by atoms with Gasteiger partial charge in [0.2, 0.25) is 11.7 Å². The molecule has 1 aromatic heterocycles. The third-order valence-electron chi connectivity index (χ3n) is 3.47. The second kappa shape index (κ2) is 4.55. The molecule has 0 amide bonds. The van der Waals surface area contributed by atoms with Crippen LogP contribution >= 0.6 is 0 Å². The van der Waals surface area contributed by atoms with E-state index in [1.54, 1.807) is 0 Å². The molecule has 100 valence electrons. The molecule has 0 spiro atoms. The van der Waals surface area contributed by atoms with Crippen molar-refractivity contribution in [1.82, 2.24) is 10.1 Å². The van der Waals surface area contributed by atoms with Crippen LogP contribution in [0.1, 0.15) is 5.89 Å². The zero-order chi connectivity index (χ0) is 13.4. The monoisotopic (exact) mass is 259 g/mol. The van der Waals surface area contributed by atoms with Crippen molar-refractivity contribution >= 4 is 11.4 Å². The zero-order valence-corrected chi connectivity index (χ0v) is 11.1. The van der Waals surface area contributed by atoms with Crippen molar-refractivity contribution in [1.29, 1.82) is 0 Å². The molecule has 2 heterocycles. The third-order valence-corrected chi connectivity index (χ3v) is 3.47. The molecule has 0 saturated heterocycles. The molecular weight excluding hydrogens is 242 g/mol. The molecule has 0 radical (unpaired) electrons. The normalized spacial score (nSPS) is 14.7. The van der Waals surface area contributed by atoms with Crippen LogP contribution in [0.25, 0.3) is 11.4 Å². The van der Waals surface area contributed by atoms with Gasteiger partial charge in [-0.1, -0.05) is 5.16 Å². The summed E-state index contributed by atoms with van der Waals surface area (Å²) >= 11 is 0. The maximum Gasteiger partial charge on any atom is 0.240 e. The number of likely N-dealkylation sites (N-methyl/N-ethyl adjacent to an activating group) is 2. The second-order valence-corrected chi connectivity index (χ2v) is 4.76. The number of aromatic nitrogens is 2. The number of hydrogen-bond acceptors (Lipinski definition) is 6. The Morgan fingerprint density at radius 2 is 1.95 bits per heavy atom. The van der Waals surface area contributed by atoms with E-state index in [-0.39, 0.29) is 6.54 Å². The van der Waals surface area contributed by atoms with Gasteiger partial charge < -0.3 is 20.1 Å². The van der Waals surface area contributed by atoms with E-state index >= 15 is 0 Å². The molecule has 0 aliphatic carbocycles. The summed E-state index contributed by atoms with van der Waals surface area (Å²) in [7, 11) is 4.20. The Hall–Kier alpha value is -2.08. The van der Waals surface area contributed by atoms with Gasteiger partial charge in [0.15, 0.2) is 0 Å². The summed E-state index contributed by atoms with van der Waals surface area (Å²) in [6.07, 6.45) is 0. The number of nitrogens with zero attached hydrogens (tertiary/aromatic N) is 4. The average molecular weight is 259 g/mol. The van der Waals surface area contributed by atoms with E-state index in [4.69, 9.17) is 10.3 Å². The van der Waals surface area contributed by atoms with Crippen LogP contribution in [0.15, 0.2) is 22.7 Å². The van der Waals surface area contributed by atoms with E-state index in [1.807, 2.05) is 6.07 Å². The topological polar surface area (TPSA) is 71.4 Å². The van der Waals surface area contributed by atoms with Crippen LogP contribution in [0, 0.1) is 0 Å². The molecule has 0 fully saturated rings. The number of benzene rings is 1. The van der Waals surface area contributed by atoms with Crippen LogP contribution < -0.4 is 15.5 Å². The van der Waals surface area contributed by atoms with Gasteiger partial charge in [-0.3, -0.25) is 0 Å². The number of rotatable bonds is 2. The third kappa shape index (κ3) is 2.04. The lowest BCUT2D eigenvalue weighted by Gasteiger charge is -2.34. The first kappa shape index (κ1) is 12.0. The highest BCUT2D eigenvalue weighted by Crippen LogP contribution is 2.34. The number of anilines is 2. The van der Waals surface area contributed by atoms with Gasteiger partial charge in [-0.2, -0.15) is 4.98 Å². The van der Waals surface area contributed by atoms with Crippen LogP contribution in [-0.4, -0.2) is 37.3 Å². The van der Waals surface area contributed by atoms with Crippen LogP contribution in [0.4, 0.5) is 11.4 Å². The highest BCUT2D eigenvalue weighted by atomic mass is 16.5. The minimum Gasteiger partial charge on any atom is -0.371 e. The van der Waals surface area contributed by atoms with Crippen molar-refractivity contribution in [3.05, 3.63) is 24.1 Å². The average Bonchev–Trinajstić information content (AvgIpc) is 2.91. The molecule has 0 unspecified atom stereocenters. The first-order valence-corrected chi connectivity index (χ1v) is 6.28. The Labute approximate surface area is 111 Å². The van der Waals surface area contributed by atoms with Crippen molar-refractivity contribution in [2.24, 2.45) is 5.73 Å². The maximum atomic E-state index is 5.48. The van der Waals surface area contributed by atoms with Crippen LogP contribution in [0.5, 0.6) is 0 Å². The molecule has 2 N–H and O–H groups in total. The van der Waals surface area contributed by atoms with E-state index in [2.05, 4.69) is 46.2 Å². The minimum atomic E-state index is 0.264. The highest BCUT2D eigenvalue weighted by molar-refractivity contribution is 5.78. The minimum absolute atomic E-state index is 0.264. The van der Waals surface area contributed by atoms with E-state index in [0.717, 1.165) is 18.7 Å². The van der Waals surface area contributed by atoms with Gasteiger partial charge in [0.25, 0.3) is 0 Å². The summed E-state index contributed by atoms with van der Waals surface area (Å²) < 4.78 is 5.05. The van der Waals surface area contributed by atoms with Crippen molar-refractivity contribution < 1.29 is 4.52 Å². The predicted molar refractivity (Wildman–Crippen MR) is 74.2 cm³/mol. The summed E-state index contributed by atoms with van der Waals surface area (Å²) in [5.74, 6) is 1.04. The molecule has 1 aliphatic heterocycles. The van der Waals surface area contributed by atoms with E-state index in [0.29, 0.717) is 11.7 Å². The standard InChI is InChI=1S/C13H17N5O/c1-17-5-6-18(2)11-7-9(3-4-10(11)17)13-15-12(8-14)19-16-13/h3-4,7H,5-6,8,14H2,1-2H3. The highest BCUT2D eigenvalue weighted by Gasteiger charge is 2.19. The molecule has 19 heavy (non-hydrogen) atoms. The largest absolute Gasteiger partial charge is 0.371 e. The molecule has 6 nitrogen and oxygen atoms in total. The number of hydrogen-bond donors (Lipinski definition) is 1. The van der Waals surface area contributed by atoms with Crippen LogP contribution in [0.2, 0.25) is 0 Å². The van der Waals surface area contributed by atoms with Gasteiger partial charge in [-0.25, -0.2) is 0 Å². The summed E-state index contributed by atoms with van der Waals surface area (Å²) in [4.78, 5) is 8.75. The van der Waals surface area contributed by atoms with Crippen LogP contribution in [-0.2, 0) is 6.54 Å². The summed E-state index contributed by atoms with van der Waals surface area (Å²) in [5, 5.41) is 3.95. The molecule has 6 heteroatoms. The summed E-state index contributed by atoms with van der Waals surface area (Å²) in [6.45, 7) is 2.30. The fourth-order valence-electron chi connectivity index (χ4n) is 2.29. The molecule has 1 aromatic carbocycles. The van der Waals surface area contributed by atoms with E-state index < -0.39 is 0 Å². The Morgan fingerprint density at radius 1 is 1.21 bits per heavy atom. The lowest BCUT2D eigenvalue weighted by Crippen LogP contribution is -2.36.